The Morgan fingerprint density at radius 3 is 1.06 bits per heavy atom. The van der Waals surface area contributed by atoms with Gasteiger partial charge >= 0.3 is 30.0 Å². The molecule has 0 N–H and O–H groups in total. The highest BCUT2D eigenvalue weighted by Crippen LogP contribution is 2.72. The standard InChI is InChI=1S/C21H30F12O2/c1-11(2,3)15(22,23)16(24,25)13(7,8)14(9,10)18(27)17(26,12(4,5)6)34-19(35-18,20(28,29)30)21(31,32)33/h1-10H3. The Morgan fingerprint density at radius 1 is 0.486 bits per heavy atom. The lowest BCUT2D eigenvalue weighted by atomic mass is 9.55. The summed E-state index contributed by atoms with van der Waals surface area (Å²) >= 11 is 0. The van der Waals surface area contributed by atoms with Crippen LogP contribution in [0.15, 0.2) is 0 Å². The van der Waals surface area contributed by atoms with Gasteiger partial charge in [0.1, 0.15) is 0 Å². The Balaban J connectivity index is 4.11. The fourth-order valence-corrected chi connectivity index (χ4v) is 3.76. The second kappa shape index (κ2) is 7.57. The molecule has 1 rings (SSSR count). The van der Waals surface area contributed by atoms with E-state index in [1.807, 2.05) is 0 Å². The van der Waals surface area contributed by atoms with Crippen molar-refractivity contribution in [3.05, 3.63) is 0 Å². The Morgan fingerprint density at radius 2 is 0.800 bits per heavy atom. The molecule has 0 saturated carbocycles. The summed E-state index contributed by atoms with van der Waals surface area (Å²) < 4.78 is 183. The molecule has 2 nitrogen and oxygen atoms in total. The second-order valence-corrected chi connectivity index (χ2v) is 11.9. The average molecular weight is 542 g/mol. The second-order valence-electron chi connectivity index (χ2n) is 11.9. The van der Waals surface area contributed by atoms with E-state index in [2.05, 4.69) is 9.47 Å². The van der Waals surface area contributed by atoms with Crippen molar-refractivity contribution in [3.8, 4) is 0 Å². The highest BCUT2D eigenvalue weighted by atomic mass is 19.4. The number of ether oxygens (including phenoxy) is 2. The Hall–Kier alpha value is -0.920. The van der Waals surface area contributed by atoms with Gasteiger partial charge in [0.15, 0.2) is 0 Å². The molecule has 0 amide bonds. The topological polar surface area (TPSA) is 18.5 Å². The lowest BCUT2D eigenvalue weighted by Crippen LogP contribution is -2.70. The fourth-order valence-electron chi connectivity index (χ4n) is 3.76. The van der Waals surface area contributed by atoms with E-state index in [0.717, 1.165) is 0 Å². The van der Waals surface area contributed by atoms with E-state index in [1.54, 1.807) is 0 Å². The minimum absolute atomic E-state index is 0.279. The van der Waals surface area contributed by atoms with Gasteiger partial charge in [0.05, 0.1) is 0 Å². The van der Waals surface area contributed by atoms with E-state index < -0.39 is 63.4 Å². The maximum Gasteiger partial charge on any atom is 0.453 e. The van der Waals surface area contributed by atoms with E-state index in [-0.39, 0.29) is 27.7 Å². The van der Waals surface area contributed by atoms with Crippen LogP contribution >= 0.6 is 0 Å². The summed E-state index contributed by atoms with van der Waals surface area (Å²) in [5.41, 5.74) is -12.2. The van der Waals surface area contributed by atoms with E-state index in [4.69, 9.17) is 0 Å². The summed E-state index contributed by atoms with van der Waals surface area (Å²) in [5.74, 6) is -25.9. The van der Waals surface area contributed by atoms with Gasteiger partial charge in [0, 0.05) is 21.7 Å². The van der Waals surface area contributed by atoms with Crippen LogP contribution in [0, 0.1) is 21.7 Å². The predicted molar refractivity (Wildman–Crippen MR) is 101 cm³/mol. The number of alkyl halides is 12. The molecule has 14 heteroatoms. The summed E-state index contributed by atoms with van der Waals surface area (Å²) in [7, 11) is 0. The highest BCUT2D eigenvalue weighted by Gasteiger charge is 2.92. The monoisotopic (exact) mass is 542 g/mol. The maximum absolute atomic E-state index is 16.6. The van der Waals surface area contributed by atoms with E-state index in [9.17, 15) is 35.1 Å². The van der Waals surface area contributed by atoms with Crippen molar-refractivity contribution in [1.82, 2.24) is 0 Å². The van der Waals surface area contributed by atoms with Crippen LogP contribution in [-0.4, -0.2) is 41.7 Å². The summed E-state index contributed by atoms with van der Waals surface area (Å²) in [6.45, 7) is 5.11. The third-order valence-corrected chi connectivity index (χ3v) is 7.18. The lowest BCUT2D eigenvalue weighted by molar-refractivity contribution is -0.465. The largest absolute Gasteiger partial charge is 0.453 e. The number of rotatable bonds is 4. The van der Waals surface area contributed by atoms with Crippen LogP contribution in [0.5, 0.6) is 0 Å². The van der Waals surface area contributed by atoms with Crippen LogP contribution < -0.4 is 0 Å². The normalized spacial score (nSPS) is 27.9. The summed E-state index contributed by atoms with van der Waals surface area (Å²) in [6, 6.07) is 0. The van der Waals surface area contributed by atoms with Gasteiger partial charge in [0.2, 0.25) is 0 Å². The van der Waals surface area contributed by atoms with Crippen molar-refractivity contribution in [1.29, 1.82) is 0 Å². The SMILES string of the molecule is CC(C)(C)C(F)(F)C(F)(F)C(C)(C)C(C)(C)C1(F)OC(C(F)(F)F)(C(F)(F)F)OC1(F)C(C)(C)C. The van der Waals surface area contributed by atoms with Crippen molar-refractivity contribution in [2.75, 3.05) is 0 Å². The summed E-state index contributed by atoms with van der Waals surface area (Å²) in [5, 5.41) is 0. The molecular formula is C21H30F12O2. The first-order chi connectivity index (χ1) is 14.7. The van der Waals surface area contributed by atoms with Gasteiger partial charge in [-0.15, -0.1) is 0 Å². The van der Waals surface area contributed by atoms with Crippen molar-refractivity contribution >= 4 is 0 Å². The molecule has 0 aromatic carbocycles. The molecule has 0 aliphatic carbocycles. The number of hydrogen-bond donors (Lipinski definition) is 0. The zero-order chi connectivity index (χ0) is 28.9. The van der Waals surface area contributed by atoms with Gasteiger partial charge in [-0.1, -0.05) is 69.2 Å². The maximum atomic E-state index is 16.6. The van der Waals surface area contributed by atoms with Gasteiger partial charge < -0.3 is 0 Å². The molecule has 35 heavy (non-hydrogen) atoms. The van der Waals surface area contributed by atoms with Gasteiger partial charge in [-0.3, -0.25) is 9.47 Å². The summed E-state index contributed by atoms with van der Waals surface area (Å²) in [4.78, 5) is 0. The first kappa shape index (κ1) is 32.1. The molecule has 2 atom stereocenters. The van der Waals surface area contributed by atoms with Crippen LogP contribution in [0.3, 0.4) is 0 Å². The molecular weight excluding hydrogens is 512 g/mol. The molecule has 0 spiro atoms. The summed E-state index contributed by atoms with van der Waals surface area (Å²) in [6.07, 6.45) is -13.3. The third kappa shape index (κ3) is 3.77. The Labute approximate surface area is 195 Å². The lowest BCUT2D eigenvalue weighted by Gasteiger charge is -2.57. The quantitative estimate of drug-likeness (QED) is 0.331. The number of hydrogen-bond acceptors (Lipinski definition) is 2. The smallest absolute Gasteiger partial charge is 0.292 e. The minimum atomic E-state index is -6.65. The molecule has 1 heterocycles. The molecule has 0 aromatic rings. The fraction of sp³-hybridized carbons (Fsp3) is 1.00. The van der Waals surface area contributed by atoms with Crippen LogP contribution in [0.25, 0.3) is 0 Å². The predicted octanol–water partition coefficient (Wildman–Crippen LogP) is 8.60. The zero-order valence-corrected chi connectivity index (χ0v) is 20.9. The molecule has 1 aliphatic heterocycles. The Bertz CT molecular complexity index is 800. The van der Waals surface area contributed by atoms with Crippen molar-refractivity contribution in [3.63, 3.8) is 0 Å². The molecule has 0 bridgehead atoms. The average Bonchev–Trinajstić information content (AvgIpc) is 2.84. The van der Waals surface area contributed by atoms with E-state index in [1.165, 1.54) is 0 Å². The first-order valence-electron chi connectivity index (χ1n) is 10.3. The van der Waals surface area contributed by atoms with Gasteiger partial charge in [-0.25, -0.2) is 8.78 Å². The molecule has 0 radical (unpaired) electrons. The zero-order valence-electron chi connectivity index (χ0n) is 20.9. The molecule has 1 fully saturated rings. The molecule has 210 valence electrons. The van der Waals surface area contributed by atoms with Crippen molar-refractivity contribution in [2.45, 2.75) is 111 Å². The van der Waals surface area contributed by atoms with E-state index >= 15 is 17.6 Å². The van der Waals surface area contributed by atoms with Crippen LogP contribution in [0.1, 0.15) is 69.2 Å². The number of halogens is 12. The highest BCUT2D eigenvalue weighted by molar-refractivity contribution is 5.18. The third-order valence-electron chi connectivity index (χ3n) is 7.18. The van der Waals surface area contributed by atoms with Gasteiger partial charge in [-0.2, -0.15) is 43.9 Å². The minimum Gasteiger partial charge on any atom is -0.292 e. The molecule has 1 aliphatic rings. The first-order valence-corrected chi connectivity index (χ1v) is 10.3. The van der Waals surface area contributed by atoms with Crippen LogP contribution in [-0.2, 0) is 9.47 Å². The molecule has 2 unspecified atom stereocenters. The van der Waals surface area contributed by atoms with Crippen LogP contribution in [0.4, 0.5) is 52.7 Å². The van der Waals surface area contributed by atoms with E-state index in [0.29, 0.717) is 41.5 Å². The van der Waals surface area contributed by atoms with Gasteiger partial charge in [-0.05, 0) is 0 Å². The van der Waals surface area contributed by atoms with Crippen LogP contribution in [0.2, 0.25) is 0 Å². The van der Waals surface area contributed by atoms with Crippen molar-refractivity contribution < 1.29 is 62.2 Å². The molecule has 1 saturated heterocycles. The Kier molecular flexibility index (Phi) is 6.94. The van der Waals surface area contributed by atoms with Crippen molar-refractivity contribution in [2.24, 2.45) is 21.7 Å². The molecule has 0 aromatic heterocycles. The van der Waals surface area contributed by atoms with Gasteiger partial charge in [0.25, 0.3) is 11.7 Å².